The molecule has 9 heteroatoms. The highest BCUT2D eigenvalue weighted by Crippen LogP contribution is 2.22. The number of hydrogen-bond acceptors (Lipinski definition) is 4. The molecule has 152 valence electrons. The Labute approximate surface area is 187 Å². The summed E-state index contributed by atoms with van der Waals surface area (Å²) in [4.78, 5) is 24.0. The fourth-order valence-corrected chi connectivity index (χ4v) is 3.05. The Kier molecular flexibility index (Phi) is 7.24. The van der Waals surface area contributed by atoms with Crippen molar-refractivity contribution in [3.63, 3.8) is 0 Å². The van der Waals surface area contributed by atoms with Crippen LogP contribution in [0.5, 0.6) is 0 Å². The highest BCUT2D eigenvalue weighted by atomic mass is 35.5. The molecule has 0 fully saturated rings. The normalized spacial score (nSPS) is 10.6. The van der Waals surface area contributed by atoms with E-state index in [0.717, 1.165) is 0 Å². The summed E-state index contributed by atoms with van der Waals surface area (Å²) < 4.78 is 5.04. The number of thiocarbonyl (C=S) groups is 1. The lowest BCUT2D eigenvalue weighted by Crippen LogP contribution is -2.32. The molecule has 0 radical (unpaired) electrons. The van der Waals surface area contributed by atoms with Crippen molar-refractivity contribution in [3.05, 3.63) is 88.3 Å². The molecule has 0 aliphatic heterocycles. The topological polar surface area (TPSA) is 83.4 Å². The second-order valence-corrected chi connectivity index (χ2v) is 7.20. The van der Waals surface area contributed by atoms with E-state index in [4.69, 9.17) is 39.8 Å². The Morgan fingerprint density at radius 2 is 1.67 bits per heavy atom. The van der Waals surface area contributed by atoms with E-state index in [1.807, 2.05) is 0 Å². The van der Waals surface area contributed by atoms with Crippen LogP contribution in [0.4, 0.5) is 11.4 Å². The SMILES string of the molecule is O=C(C=Cc1ccc(Cl)cc1Cl)NC(=S)Nc1ccc(NC(=O)c2ccco2)cc1. The Bertz CT molecular complexity index is 1100. The smallest absolute Gasteiger partial charge is 0.291 e. The molecule has 1 aromatic heterocycles. The molecule has 0 unspecified atom stereocenters. The molecule has 0 atom stereocenters. The van der Waals surface area contributed by atoms with Crippen molar-refractivity contribution in [2.24, 2.45) is 0 Å². The number of carbonyl (C=O) groups is 2. The van der Waals surface area contributed by atoms with E-state index in [1.54, 1.807) is 60.7 Å². The highest BCUT2D eigenvalue weighted by molar-refractivity contribution is 7.80. The minimum Gasteiger partial charge on any atom is -0.459 e. The van der Waals surface area contributed by atoms with Crippen LogP contribution in [-0.2, 0) is 4.79 Å². The summed E-state index contributed by atoms with van der Waals surface area (Å²) in [6.45, 7) is 0. The maximum Gasteiger partial charge on any atom is 0.291 e. The summed E-state index contributed by atoms with van der Waals surface area (Å²) in [5.41, 5.74) is 1.88. The van der Waals surface area contributed by atoms with Crippen molar-refractivity contribution < 1.29 is 14.0 Å². The molecule has 2 aromatic carbocycles. The van der Waals surface area contributed by atoms with Crippen LogP contribution in [0.3, 0.4) is 0 Å². The third kappa shape index (κ3) is 6.18. The maximum absolute atomic E-state index is 12.0. The third-order valence-electron chi connectivity index (χ3n) is 3.76. The fourth-order valence-electron chi connectivity index (χ4n) is 2.36. The van der Waals surface area contributed by atoms with E-state index in [0.29, 0.717) is 27.0 Å². The van der Waals surface area contributed by atoms with Gasteiger partial charge in [0.25, 0.3) is 5.91 Å². The number of hydrogen-bond donors (Lipinski definition) is 3. The van der Waals surface area contributed by atoms with Gasteiger partial charge < -0.3 is 15.1 Å². The summed E-state index contributed by atoms with van der Waals surface area (Å²) in [6, 6.07) is 15.0. The van der Waals surface area contributed by atoms with Gasteiger partial charge in [0.2, 0.25) is 5.91 Å². The third-order valence-corrected chi connectivity index (χ3v) is 4.53. The minimum absolute atomic E-state index is 0.124. The zero-order valence-electron chi connectivity index (χ0n) is 15.3. The summed E-state index contributed by atoms with van der Waals surface area (Å²) >= 11 is 17.0. The average Bonchev–Trinajstić information content (AvgIpc) is 3.24. The van der Waals surface area contributed by atoms with Gasteiger partial charge in [-0.05, 0) is 72.4 Å². The molecular formula is C21H15Cl2N3O3S. The van der Waals surface area contributed by atoms with Gasteiger partial charge >= 0.3 is 0 Å². The Hall–Kier alpha value is -3.13. The number of benzene rings is 2. The monoisotopic (exact) mass is 459 g/mol. The van der Waals surface area contributed by atoms with E-state index in [-0.39, 0.29) is 16.8 Å². The number of carbonyl (C=O) groups excluding carboxylic acids is 2. The fraction of sp³-hybridized carbons (Fsp3) is 0. The van der Waals surface area contributed by atoms with Crippen LogP contribution in [0.25, 0.3) is 6.08 Å². The zero-order valence-corrected chi connectivity index (χ0v) is 17.6. The van der Waals surface area contributed by atoms with Gasteiger partial charge in [-0.3, -0.25) is 14.9 Å². The average molecular weight is 460 g/mol. The quantitative estimate of drug-likeness (QED) is 0.353. The Balaban J connectivity index is 1.51. The first-order valence-electron chi connectivity index (χ1n) is 8.61. The van der Waals surface area contributed by atoms with Crippen LogP contribution in [-0.4, -0.2) is 16.9 Å². The number of anilines is 2. The Morgan fingerprint density at radius 1 is 0.967 bits per heavy atom. The summed E-state index contributed by atoms with van der Waals surface area (Å²) in [6.07, 6.45) is 4.31. The van der Waals surface area contributed by atoms with Crippen LogP contribution in [0.15, 0.2) is 71.4 Å². The van der Waals surface area contributed by atoms with Gasteiger partial charge in [0.1, 0.15) is 0 Å². The summed E-state index contributed by atoms with van der Waals surface area (Å²) in [7, 11) is 0. The molecule has 0 bridgehead atoms. The van der Waals surface area contributed by atoms with Crippen LogP contribution >= 0.6 is 35.4 Å². The molecule has 0 spiro atoms. The molecule has 0 saturated heterocycles. The summed E-state index contributed by atoms with van der Waals surface area (Å²) in [5.74, 6) is -0.550. The van der Waals surface area contributed by atoms with Crippen molar-refractivity contribution in [1.82, 2.24) is 5.32 Å². The second-order valence-electron chi connectivity index (χ2n) is 5.95. The largest absolute Gasteiger partial charge is 0.459 e. The lowest BCUT2D eigenvalue weighted by atomic mass is 10.2. The van der Waals surface area contributed by atoms with Gasteiger partial charge in [0, 0.05) is 27.5 Å². The van der Waals surface area contributed by atoms with E-state index >= 15 is 0 Å². The first-order valence-corrected chi connectivity index (χ1v) is 9.77. The molecule has 6 nitrogen and oxygen atoms in total. The molecule has 2 amide bonds. The molecule has 0 saturated carbocycles. The zero-order chi connectivity index (χ0) is 21.5. The van der Waals surface area contributed by atoms with E-state index in [2.05, 4.69) is 16.0 Å². The molecular weight excluding hydrogens is 445 g/mol. The van der Waals surface area contributed by atoms with Crippen molar-refractivity contribution in [3.8, 4) is 0 Å². The van der Waals surface area contributed by atoms with Gasteiger partial charge in [0.15, 0.2) is 10.9 Å². The van der Waals surface area contributed by atoms with Gasteiger partial charge in [-0.15, -0.1) is 0 Å². The first-order chi connectivity index (χ1) is 14.4. The van der Waals surface area contributed by atoms with Crippen molar-refractivity contribution in [1.29, 1.82) is 0 Å². The van der Waals surface area contributed by atoms with Crippen LogP contribution in [0, 0.1) is 0 Å². The molecule has 3 rings (SSSR count). The van der Waals surface area contributed by atoms with Gasteiger partial charge in [0.05, 0.1) is 6.26 Å². The molecule has 1 heterocycles. The minimum atomic E-state index is -0.416. The molecule has 3 aromatic rings. The van der Waals surface area contributed by atoms with Gasteiger partial charge in [-0.25, -0.2) is 0 Å². The van der Waals surface area contributed by atoms with E-state index < -0.39 is 5.91 Å². The lowest BCUT2D eigenvalue weighted by Gasteiger charge is -2.09. The van der Waals surface area contributed by atoms with Crippen molar-refractivity contribution >= 4 is 69.8 Å². The molecule has 0 aliphatic carbocycles. The number of furan rings is 1. The maximum atomic E-state index is 12.0. The van der Waals surface area contributed by atoms with Crippen LogP contribution in [0.1, 0.15) is 16.1 Å². The number of amides is 2. The van der Waals surface area contributed by atoms with Gasteiger partial charge in [-0.1, -0.05) is 29.3 Å². The number of nitrogens with one attached hydrogen (secondary N) is 3. The number of rotatable bonds is 5. The van der Waals surface area contributed by atoms with E-state index in [1.165, 1.54) is 12.3 Å². The highest BCUT2D eigenvalue weighted by Gasteiger charge is 2.09. The summed E-state index contributed by atoms with van der Waals surface area (Å²) in [5, 5.41) is 9.21. The van der Waals surface area contributed by atoms with Crippen molar-refractivity contribution in [2.75, 3.05) is 10.6 Å². The molecule has 0 aliphatic rings. The molecule has 30 heavy (non-hydrogen) atoms. The standard InChI is InChI=1S/C21H15Cl2N3O3S/c22-14-5-3-13(17(23)12-14)4-10-19(27)26-21(30)25-16-8-6-15(7-9-16)24-20(28)18-2-1-11-29-18/h1-12H,(H,24,28)(H2,25,26,27,30). The predicted octanol–water partition coefficient (Wildman–Crippen LogP) is 5.37. The Morgan fingerprint density at radius 3 is 2.30 bits per heavy atom. The molecule has 3 N–H and O–H groups in total. The number of halogens is 2. The van der Waals surface area contributed by atoms with Gasteiger partial charge in [-0.2, -0.15) is 0 Å². The van der Waals surface area contributed by atoms with Crippen LogP contribution in [0.2, 0.25) is 10.0 Å². The van der Waals surface area contributed by atoms with Crippen LogP contribution < -0.4 is 16.0 Å². The van der Waals surface area contributed by atoms with E-state index in [9.17, 15) is 9.59 Å². The predicted molar refractivity (Wildman–Crippen MR) is 123 cm³/mol. The first kappa shape index (κ1) is 21.6. The van der Waals surface area contributed by atoms with Crippen molar-refractivity contribution in [2.45, 2.75) is 0 Å². The lowest BCUT2D eigenvalue weighted by molar-refractivity contribution is -0.115. The second kappa shape index (κ2) is 10.1.